The van der Waals surface area contributed by atoms with Gasteiger partial charge in [-0.1, -0.05) is 126 Å². The maximum atomic E-state index is 2.48. The van der Waals surface area contributed by atoms with Gasteiger partial charge in [0.1, 0.15) is 0 Å². The molecule has 0 unspecified atom stereocenters. The van der Waals surface area contributed by atoms with E-state index in [0.29, 0.717) is 5.40 Å². The van der Waals surface area contributed by atoms with E-state index in [1.165, 1.54) is 43.5 Å². The summed E-state index contributed by atoms with van der Waals surface area (Å²) >= 11 is 0. The minimum atomic E-state index is -0.510. The van der Waals surface area contributed by atoms with Crippen molar-refractivity contribution in [2.75, 3.05) is 0 Å². The van der Waals surface area contributed by atoms with Crippen molar-refractivity contribution < 1.29 is 0 Å². The number of benzene rings is 4. The monoisotopic (exact) mass is 454 g/mol. The molecule has 0 bridgehead atoms. The lowest BCUT2D eigenvalue weighted by molar-refractivity contribution is 1.38. The maximum absolute atomic E-state index is 2.48. The highest BCUT2D eigenvalue weighted by Crippen LogP contribution is 2.56. The molecule has 2 heteroatoms. The van der Waals surface area contributed by atoms with E-state index in [9.17, 15) is 0 Å². The standard InChI is InChI=1S/C30H32P2/c1-22-6-14-27(15-7-22)31(28-16-8-23(2)9-17-28)26(5)32(29-18-10-24(3)11-19-29)30-20-12-25(4)13-21-30/h6-21,26H,1-5H3. The smallest absolute Gasteiger partial charge is 0.0126 e. The third-order valence-electron chi connectivity index (χ3n) is 6.00. The average Bonchev–Trinajstić information content (AvgIpc) is 2.79. The Labute approximate surface area is 196 Å². The second kappa shape index (κ2) is 10.1. The minimum absolute atomic E-state index is 0.510. The second-order valence-corrected chi connectivity index (χ2v) is 14.2. The Morgan fingerprint density at radius 1 is 0.375 bits per heavy atom. The van der Waals surface area contributed by atoms with E-state index in [1.807, 2.05) is 0 Å². The van der Waals surface area contributed by atoms with Crippen LogP contribution in [-0.2, 0) is 0 Å². The van der Waals surface area contributed by atoms with E-state index in [0.717, 1.165) is 0 Å². The first kappa shape index (κ1) is 22.9. The van der Waals surface area contributed by atoms with Crippen LogP contribution in [0.3, 0.4) is 0 Å². The molecule has 162 valence electrons. The Morgan fingerprint density at radius 2 is 0.562 bits per heavy atom. The Morgan fingerprint density at radius 3 is 0.750 bits per heavy atom. The van der Waals surface area contributed by atoms with Crippen molar-refractivity contribution >= 4 is 37.1 Å². The molecular formula is C30H32P2. The summed E-state index contributed by atoms with van der Waals surface area (Å²) in [6, 6.07) is 37.0. The van der Waals surface area contributed by atoms with Crippen LogP contribution in [-0.4, -0.2) is 5.40 Å². The van der Waals surface area contributed by atoms with Crippen molar-refractivity contribution in [1.29, 1.82) is 0 Å². The molecule has 0 saturated heterocycles. The lowest BCUT2D eigenvalue weighted by Gasteiger charge is -2.33. The van der Waals surface area contributed by atoms with Gasteiger partial charge < -0.3 is 0 Å². The average molecular weight is 455 g/mol. The van der Waals surface area contributed by atoms with Crippen molar-refractivity contribution in [3.8, 4) is 0 Å². The molecule has 0 aliphatic rings. The van der Waals surface area contributed by atoms with E-state index >= 15 is 0 Å². The zero-order valence-corrected chi connectivity index (χ0v) is 21.5. The second-order valence-electron chi connectivity index (χ2n) is 8.71. The van der Waals surface area contributed by atoms with Gasteiger partial charge in [0.25, 0.3) is 0 Å². The highest BCUT2D eigenvalue weighted by molar-refractivity contribution is 7.89. The van der Waals surface area contributed by atoms with Crippen molar-refractivity contribution in [3.05, 3.63) is 119 Å². The van der Waals surface area contributed by atoms with Gasteiger partial charge in [0.05, 0.1) is 0 Å². The molecule has 0 aromatic heterocycles. The molecule has 4 aromatic carbocycles. The third-order valence-corrected chi connectivity index (χ3v) is 12.3. The molecule has 0 heterocycles. The zero-order chi connectivity index (χ0) is 22.7. The fraction of sp³-hybridized carbons (Fsp3) is 0.200. The summed E-state index contributed by atoms with van der Waals surface area (Å²) in [7, 11) is -1.02. The van der Waals surface area contributed by atoms with Crippen molar-refractivity contribution in [2.24, 2.45) is 0 Å². The molecule has 0 saturated carbocycles. The Bertz CT molecular complexity index is 956. The van der Waals surface area contributed by atoms with Crippen LogP contribution in [0.4, 0.5) is 0 Å². The number of hydrogen-bond acceptors (Lipinski definition) is 0. The van der Waals surface area contributed by atoms with Gasteiger partial charge >= 0.3 is 0 Å². The summed E-state index contributed by atoms with van der Waals surface area (Å²) < 4.78 is 0. The van der Waals surface area contributed by atoms with Gasteiger partial charge in [-0.3, -0.25) is 0 Å². The molecule has 4 rings (SSSR count). The summed E-state index contributed by atoms with van der Waals surface area (Å²) in [4.78, 5) is 0. The molecule has 0 atom stereocenters. The summed E-state index contributed by atoms with van der Waals surface area (Å²) in [5.41, 5.74) is 5.28. The first-order valence-corrected chi connectivity index (χ1v) is 14.1. The first-order valence-electron chi connectivity index (χ1n) is 11.3. The van der Waals surface area contributed by atoms with Crippen molar-refractivity contribution in [3.63, 3.8) is 0 Å². The largest absolute Gasteiger partial charge is 0.0587 e. The van der Waals surface area contributed by atoms with Gasteiger partial charge in [-0.25, -0.2) is 0 Å². The lowest BCUT2D eigenvalue weighted by Crippen LogP contribution is -2.26. The molecule has 0 radical (unpaired) electrons. The third kappa shape index (κ3) is 5.20. The Kier molecular flexibility index (Phi) is 7.25. The van der Waals surface area contributed by atoms with E-state index in [1.54, 1.807) is 0 Å². The number of aryl methyl sites for hydroxylation is 4. The van der Waals surface area contributed by atoms with Crippen molar-refractivity contribution in [2.45, 2.75) is 40.0 Å². The molecule has 0 amide bonds. The molecule has 32 heavy (non-hydrogen) atoms. The van der Waals surface area contributed by atoms with Gasteiger partial charge in [0.2, 0.25) is 0 Å². The molecule has 0 nitrogen and oxygen atoms in total. The fourth-order valence-electron chi connectivity index (χ4n) is 4.10. The number of rotatable bonds is 6. The SMILES string of the molecule is Cc1ccc(P(c2ccc(C)cc2)C(C)P(c2ccc(C)cc2)c2ccc(C)cc2)cc1. The molecule has 4 aromatic rings. The van der Waals surface area contributed by atoms with Crippen LogP contribution in [0.2, 0.25) is 0 Å². The molecule has 0 aliphatic carbocycles. The Balaban J connectivity index is 1.85. The topological polar surface area (TPSA) is 0 Å². The van der Waals surface area contributed by atoms with E-state index in [-0.39, 0.29) is 0 Å². The van der Waals surface area contributed by atoms with Gasteiger partial charge in [0, 0.05) is 5.40 Å². The van der Waals surface area contributed by atoms with Crippen LogP contribution in [0.25, 0.3) is 0 Å². The molecule has 0 spiro atoms. The van der Waals surface area contributed by atoms with Crippen LogP contribution >= 0.6 is 15.8 Å². The van der Waals surface area contributed by atoms with Gasteiger partial charge in [0.15, 0.2) is 0 Å². The molecule has 0 N–H and O–H groups in total. The van der Waals surface area contributed by atoms with Crippen molar-refractivity contribution in [1.82, 2.24) is 0 Å². The van der Waals surface area contributed by atoms with Crippen LogP contribution < -0.4 is 21.2 Å². The van der Waals surface area contributed by atoms with E-state index < -0.39 is 15.8 Å². The number of hydrogen-bond donors (Lipinski definition) is 0. The summed E-state index contributed by atoms with van der Waals surface area (Å²) in [6.07, 6.45) is 0. The predicted molar refractivity (Wildman–Crippen MR) is 147 cm³/mol. The highest BCUT2D eigenvalue weighted by atomic mass is 31.2. The minimum Gasteiger partial charge on any atom is -0.0587 e. The maximum Gasteiger partial charge on any atom is 0.0126 e. The Hall–Kier alpha value is -2.26. The first-order chi connectivity index (χ1) is 15.4. The summed E-state index contributed by atoms with van der Waals surface area (Å²) in [5.74, 6) is 0. The van der Waals surface area contributed by atoms with Gasteiger partial charge in [-0.05, 0) is 64.8 Å². The predicted octanol–water partition coefficient (Wildman–Crippen LogP) is 6.83. The zero-order valence-electron chi connectivity index (χ0n) is 19.7. The van der Waals surface area contributed by atoms with Crippen LogP contribution in [0.5, 0.6) is 0 Å². The van der Waals surface area contributed by atoms with Gasteiger partial charge in [-0.2, -0.15) is 0 Å². The fourth-order valence-corrected chi connectivity index (χ4v) is 10.8. The summed E-state index contributed by atoms with van der Waals surface area (Å²) in [6.45, 7) is 11.2. The molecular weight excluding hydrogens is 422 g/mol. The van der Waals surface area contributed by atoms with Crippen LogP contribution in [0.15, 0.2) is 97.1 Å². The highest BCUT2D eigenvalue weighted by Gasteiger charge is 2.30. The van der Waals surface area contributed by atoms with E-state index in [2.05, 4.69) is 132 Å². The normalized spacial score (nSPS) is 11.5. The van der Waals surface area contributed by atoms with Crippen LogP contribution in [0.1, 0.15) is 29.2 Å². The molecule has 0 aliphatic heterocycles. The van der Waals surface area contributed by atoms with Crippen LogP contribution in [0, 0.1) is 27.7 Å². The molecule has 0 fully saturated rings. The summed E-state index contributed by atoms with van der Waals surface area (Å²) in [5, 5.41) is 6.38. The van der Waals surface area contributed by atoms with Gasteiger partial charge in [-0.15, -0.1) is 0 Å². The van der Waals surface area contributed by atoms with E-state index in [4.69, 9.17) is 0 Å². The lowest BCUT2D eigenvalue weighted by atomic mass is 10.2. The quantitative estimate of drug-likeness (QED) is 0.280.